The lowest BCUT2D eigenvalue weighted by Crippen LogP contribution is -2.42. The summed E-state index contributed by atoms with van der Waals surface area (Å²) in [7, 11) is -3.59. The van der Waals surface area contributed by atoms with Gasteiger partial charge in [0.1, 0.15) is 0 Å². The molecule has 0 radical (unpaired) electrons. The molecule has 138 valence electrons. The van der Waals surface area contributed by atoms with Crippen LogP contribution in [0.2, 0.25) is 0 Å². The molecule has 0 saturated carbocycles. The van der Waals surface area contributed by atoms with E-state index in [4.69, 9.17) is 0 Å². The lowest BCUT2D eigenvalue weighted by atomic mass is 9.81. The van der Waals surface area contributed by atoms with Crippen molar-refractivity contribution < 1.29 is 13.2 Å². The van der Waals surface area contributed by atoms with Gasteiger partial charge in [-0.05, 0) is 61.9 Å². The monoisotopic (exact) mass is 365 g/mol. The minimum atomic E-state index is -3.59. The van der Waals surface area contributed by atoms with Gasteiger partial charge in [-0.3, -0.25) is 4.79 Å². The van der Waals surface area contributed by atoms with Crippen molar-refractivity contribution in [2.24, 2.45) is 5.41 Å². The second-order valence-corrected chi connectivity index (χ2v) is 9.22. The second kappa shape index (κ2) is 7.05. The van der Waals surface area contributed by atoms with Crippen LogP contribution in [0.25, 0.3) is 0 Å². The number of piperidine rings is 1. The predicted octanol–water partition coefficient (Wildman–Crippen LogP) is 1.65. The van der Waals surface area contributed by atoms with Gasteiger partial charge in [0.05, 0.1) is 4.90 Å². The van der Waals surface area contributed by atoms with Gasteiger partial charge >= 0.3 is 0 Å². The Morgan fingerprint density at radius 1 is 1.32 bits per heavy atom. The zero-order valence-electron chi connectivity index (χ0n) is 15.0. The summed E-state index contributed by atoms with van der Waals surface area (Å²) in [5.41, 5.74) is 1.75. The Morgan fingerprint density at radius 3 is 2.72 bits per heavy atom. The van der Waals surface area contributed by atoms with Crippen LogP contribution in [0.3, 0.4) is 0 Å². The smallest absolute Gasteiger partial charge is 0.240 e. The van der Waals surface area contributed by atoms with E-state index >= 15 is 0 Å². The summed E-state index contributed by atoms with van der Waals surface area (Å²) in [6, 6.07) is 5.13. The molecule has 0 aromatic heterocycles. The van der Waals surface area contributed by atoms with Crippen molar-refractivity contribution in [2.75, 3.05) is 31.1 Å². The zero-order valence-corrected chi connectivity index (χ0v) is 15.8. The fourth-order valence-corrected chi connectivity index (χ4v) is 4.83. The van der Waals surface area contributed by atoms with E-state index in [1.165, 1.54) is 6.92 Å². The van der Waals surface area contributed by atoms with E-state index in [0.29, 0.717) is 13.1 Å². The molecule has 0 aliphatic carbocycles. The van der Waals surface area contributed by atoms with E-state index in [2.05, 4.69) is 17.0 Å². The number of anilines is 1. The molecule has 2 N–H and O–H groups in total. The second-order valence-electron chi connectivity index (χ2n) is 7.45. The highest BCUT2D eigenvalue weighted by Crippen LogP contribution is 2.31. The predicted molar refractivity (Wildman–Crippen MR) is 98.2 cm³/mol. The first-order valence-corrected chi connectivity index (χ1v) is 10.4. The van der Waals surface area contributed by atoms with Gasteiger partial charge in [-0.2, -0.15) is 0 Å². The maximum Gasteiger partial charge on any atom is 0.240 e. The van der Waals surface area contributed by atoms with Crippen LogP contribution in [0.15, 0.2) is 23.1 Å². The van der Waals surface area contributed by atoms with Crippen LogP contribution in [0.1, 0.15) is 38.7 Å². The fourth-order valence-electron chi connectivity index (χ4n) is 3.61. The molecule has 0 bridgehead atoms. The number of rotatable bonds is 4. The Hall–Kier alpha value is -1.44. The molecular weight excluding hydrogens is 338 g/mol. The number of benzene rings is 1. The molecule has 0 unspecified atom stereocenters. The van der Waals surface area contributed by atoms with Crippen molar-refractivity contribution in [2.45, 2.75) is 44.4 Å². The normalized spacial score (nSPS) is 20.2. The number of fused-ring (bicyclic) bond motifs is 1. The van der Waals surface area contributed by atoms with Crippen molar-refractivity contribution >= 4 is 21.6 Å². The summed E-state index contributed by atoms with van der Waals surface area (Å²) in [5, 5.41) is 3.30. The van der Waals surface area contributed by atoms with E-state index in [-0.39, 0.29) is 16.2 Å². The van der Waals surface area contributed by atoms with E-state index < -0.39 is 10.0 Å². The largest absolute Gasteiger partial charge is 0.317 e. The molecule has 0 atom stereocenters. The van der Waals surface area contributed by atoms with Crippen LogP contribution in [-0.4, -0.2) is 40.5 Å². The van der Waals surface area contributed by atoms with Crippen LogP contribution in [0, 0.1) is 5.41 Å². The highest BCUT2D eigenvalue weighted by molar-refractivity contribution is 7.89. The Balaban J connectivity index is 1.80. The maximum atomic E-state index is 12.7. The molecule has 7 heteroatoms. The summed E-state index contributed by atoms with van der Waals surface area (Å²) < 4.78 is 28.3. The molecule has 1 fully saturated rings. The molecule has 2 aliphatic heterocycles. The van der Waals surface area contributed by atoms with Crippen LogP contribution < -0.4 is 14.9 Å². The standard InChI is InChI=1S/C18H27N3O3S/c1-14(22)21-11-3-4-15-5-6-16(12-17(15)21)25(23,24)20-13-18(2)7-9-19-10-8-18/h5-6,12,19-20H,3-4,7-11,13H2,1-2H3. The van der Waals surface area contributed by atoms with Crippen molar-refractivity contribution in [3.8, 4) is 0 Å². The topological polar surface area (TPSA) is 78.5 Å². The summed E-state index contributed by atoms with van der Waals surface area (Å²) in [5.74, 6) is -0.0503. The number of hydrogen-bond acceptors (Lipinski definition) is 4. The number of amides is 1. The summed E-state index contributed by atoms with van der Waals surface area (Å²) in [4.78, 5) is 13.8. The van der Waals surface area contributed by atoms with Crippen molar-refractivity contribution in [3.63, 3.8) is 0 Å². The Labute approximate surface area is 150 Å². The lowest BCUT2D eigenvalue weighted by Gasteiger charge is -2.34. The fraction of sp³-hybridized carbons (Fsp3) is 0.611. The molecule has 1 aromatic rings. The summed E-state index contributed by atoms with van der Waals surface area (Å²) >= 11 is 0. The van der Waals surface area contributed by atoms with Crippen LogP contribution in [0.4, 0.5) is 5.69 Å². The minimum absolute atomic E-state index is 0.0159. The number of aryl methyl sites for hydroxylation is 1. The quantitative estimate of drug-likeness (QED) is 0.850. The zero-order chi connectivity index (χ0) is 18.1. The van der Waals surface area contributed by atoms with Gasteiger partial charge in [-0.15, -0.1) is 0 Å². The van der Waals surface area contributed by atoms with Gasteiger partial charge in [0.15, 0.2) is 0 Å². The van der Waals surface area contributed by atoms with E-state index in [1.807, 2.05) is 6.07 Å². The van der Waals surface area contributed by atoms with Crippen LogP contribution >= 0.6 is 0 Å². The summed E-state index contributed by atoms with van der Waals surface area (Å²) in [6.07, 6.45) is 3.69. The molecule has 1 amide bonds. The average Bonchev–Trinajstić information content (AvgIpc) is 2.60. The van der Waals surface area contributed by atoms with Gasteiger partial charge in [-0.1, -0.05) is 13.0 Å². The number of carbonyl (C=O) groups is 1. The van der Waals surface area contributed by atoms with E-state index in [9.17, 15) is 13.2 Å². The third kappa shape index (κ3) is 4.04. The third-order valence-corrected chi connectivity index (χ3v) is 6.76. The van der Waals surface area contributed by atoms with Crippen molar-refractivity contribution in [1.82, 2.24) is 10.0 Å². The average molecular weight is 365 g/mol. The summed E-state index contributed by atoms with van der Waals surface area (Å²) in [6.45, 7) is 6.57. The minimum Gasteiger partial charge on any atom is -0.317 e. The Bertz CT molecular complexity index is 755. The van der Waals surface area contributed by atoms with Crippen molar-refractivity contribution in [1.29, 1.82) is 0 Å². The van der Waals surface area contributed by atoms with E-state index in [1.54, 1.807) is 17.0 Å². The third-order valence-electron chi connectivity index (χ3n) is 5.37. The first-order valence-electron chi connectivity index (χ1n) is 8.92. The van der Waals surface area contributed by atoms with E-state index in [0.717, 1.165) is 50.0 Å². The van der Waals surface area contributed by atoms with Gasteiger partial charge in [0.25, 0.3) is 0 Å². The first kappa shape index (κ1) is 18.4. The number of sulfonamides is 1. The van der Waals surface area contributed by atoms with Gasteiger partial charge in [0.2, 0.25) is 15.9 Å². The molecule has 3 rings (SSSR count). The number of nitrogens with zero attached hydrogens (tertiary/aromatic N) is 1. The molecule has 6 nitrogen and oxygen atoms in total. The molecule has 2 heterocycles. The molecule has 0 spiro atoms. The first-order chi connectivity index (χ1) is 11.8. The highest BCUT2D eigenvalue weighted by atomic mass is 32.2. The molecular formula is C18H27N3O3S. The lowest BCUT2D eigenvalue weighted by molar-refractivity contribution is -0.116. The molecule has 1 saturated heterocycles. The molecule has 2 aliphatic rings. The SMILES string of the molecule is CC(=O)N1CCCc2ccc(S(=O)(=O)NCC3(C)CCNCC3)cc21. The molecule has 25 heavy (non-hydrogen) atoms. The number of carbonyl (C=O) groups excluding carboxylic acids is 1. The van der Waals surface area contributed by atoms with Crippen LogP contribution in [0.5, 0.6) is 0 Å². The van der Waals surface area contributed by atoms with Crippen molar-refractivity contribution in [3.05, 3.63) is 23.8 Å². The number of hydrogen-bond donors (Lipinski definition) is 2. The Kier molecular flexibility index (Phi) is 5.18. The van der Waals surface area contributed by atoms with Gasteiger partial charge in [0, 0.05) is 25.7 Å². The van der Waals surface area contributed by atoms with Crippen LogP contribution in [-0.2, 0) is 21.2 Å². The Morgan fingerprint density at radius 2 is 2.04 bits per heavy atom. The maximum absolute atomic E-state index is 12.7. The molecule has 1 aromatic carbocycles. The van der Waals surface area contributed by atoms with Gasteiger partial charge < -0.3 is 10.2 Å². The highest BCUT2D eigenvalue weighted by Gasteiger charge is 2.29. The number of nitrogens with one attached hydrogen (secondary N) is 2. The van der Waals surface area contributed by atoms with Gasteiger partial charge in [-0.25, -0.2) is 13.1 Å².